The van der Waals surface area contributed by atoms with E-state index in [1.165, 1.54) is 16.2 Å². The van der Waals surface area contributed by atoms with Crippen LogP contribution in [0.5, 0.6) is 0 Å². The Kier molecular flexibility index (Phi) is 3.03. The van der Waals surface area contributed by atoms with Gasteiger partial charge in [-0.2, -0.15) is 0 Å². The third-order valence-corrected chi connectivity index (χ3v) is 3.37. The van der Waals surface area contributed by atoms with Gasteiger partial charge in [0.2, 0.25) is 0 Å². The van der Waals surface area contributed by atoms with Crippen molar-refractivity contribution in [2.24, 2.45) is 0 Å². The molecular formula is C12H21N3O2. The summed E-state index contributed by atoms with van der Waals surface area (Å²) < 4.78 is 0. The van der Waals surface area contributed by atoms with Crippen LogP contribution in [0.2, 0.25) is 0 Å². The second kappa shape index (κ2) is 4.22. The Labute approximate surface area is 102 Å². The van der Waals surface area contributed by atoms with Crippen LogP contribution < -0.4 is 5.43 Å². The Morgan fingerprint density at radius 1 is 1.29 bits per heavy atom. The number of hydrogen-bond donors (Lipinski definition) is 2. The normalized spacial score (nSPS) is 21.6. The molecule has 2 N–H and O–H groups in total. The van der Waals surface area contributed by atoms with Gasteiger partial charge in [0.25, 0.3) is 0 Å². The van der Waals surface area contributed by atoms with Crippen molar-refractivity contribution < 1.29 is 9.90 Å². The van der Waals surface area contributed by atoms with Crippen molar-refractivity contribution in [2.45, 2.75) is 39.2 Å². The SMILES string of the molecule is CC(C)(C)N1NCC2=C1CCN(C(=O)O)CC2. The number of nitrogens with zero attached hydrogens (tertiary/aromatic N) is 2. The summed E-state index contributed by atoms with van der Waals surface area (Å²) >= 11 is 0. The molecule has 0 atom stereocenters. The molecule has 96 valence electrons. The predicted molar refractivity (Wildman–Crippen MR) is 65.5 cm³/mol. The second-order valence-corrected chi connectivity index (χ2v) is 5.66. The summed E-state index contributed by atoms with van der Waals surface area (Å²) in [4.78, 5) is 12.5. The summed E-state index contributed by atoms with van der Waals surface area (Å²) in [6.07, 6.45) is 0.856. The third kappa shape index (κ3) is 2.39. The maximum Gasteiger partial charge on any atom is 0.407 e. The number of carboxylic acid groups (broad SMARTS) is 1. The molecule has 5 nitrogen and oxygen atoms in total. The van der Waals surface area contributed by atoms with Crippen LogP contribution in [0.15, 0.2) is 11.3 Å². The van der Waals surface area contributed by atoms with Gasteiger partial charge in [-0.3, -0.25) is 0 Å². The monoisotopic (exact) mass is 239 g/mol. The van der Waals surface area contributed by atoms with Crippen LogP contribution in [0, 0.1) is 0 Å². The van der Waals surface area contributed by atoms with Gasteiger partial charge in [-0.1, -0.05) is 0 Å². The van der Waals surface area contributed by atoms with E-state index < -0.39 is 6.09 Å². The topological polar surface area (TPSA) is 55.8 Å². The zero-order valence-corrected chi connectivity index (χ0v) is 10.8. The van der Waals surface area contributed by atoms with Gasteiger partial charge in [-0.05, 0) is 32.8 Å². The molecule has 2 heterocycles. The van der Waals surface area contributed by atoms with E-state index in [1.54, 1.807) is 0 Å². The molecule has 0 aromatic heterocycles. The van der Waals surface area contributed by atoms with Crippen LogP contribution >= 0.6 is 0 Å². The van der Waals surface area contributed by atoms with Gasteiger partial charge in [0.05, 0.1) is 0 Å². The molecule has 0 bridgehead atoms. The van der Waals surface area contributed by atoms with Gasteiger partial charge in [-0.25, -0.2) is 10.2 Å². The largest absolute Gasteiger partial charge is 0.465 e. The fourth-order valence-corrected chi connectivity index (χ4v) is 2.51. The van der Waals surface area contributed by atoms with Crippen LogP contribution in [0.1, 0.15) is 33.6 Å². The number of hydrogen-bond acceptors (Lipinski definition) is 3. The average molecular weight is 239 g/mol. The Morgan fingerprint density at radius 3 is 2.53 bits per heavy atom. The van der Waals surface area contributed by atoms with Crippen molar-refractivity contribution >= 4 is 6.09 Å². The number of hydrazine groups is 1. The summed E-state index contributed by atoms with van der Waals surface area (Å²) in [6.45, 7) is 8.57. The molecule has 2 rings (SSSR count). The molecule has 0 aromatic rings. The van der Waals surface area contributed by atoms with E-state index in [0.717, 1.165) is 19.4 Å². The molecule has 0 saturated heterocycles. The number of amides is 1. The van der Waals surface area contributed by atoms with Crippen LogP contribution in [0.4, 0.5) is 4.79 Å². The van der Waals surface area contributed by atoms with Gasteiger partial charge in [0.15, 0.2) is 0 Å². The van der Waals surface area contributed by atoms with Gasteiger partial charge in [0.1, 0.15) is 0 Å². The van der Waals surface area contributed by atoms with E-state index >= 15 is 0 Å². The van der Waals surface area contributed by atoms with Crippen LogP contribution in [0.25, 0.3) is 0 Å². The molecule has 2 aliphatic heterocycles. The minimum Gasteiger partial charge on any atom is -0.465 e. The van der Waals surface area contributed by atoms with Crippen molar-refractivity contribution in [3.05, 3.63) is 11.3 Å². The highest BCUT2D eigenvalue weighted by Gasteiger charge is 2.32. The highest BCUT2D eigenvalue weighted by atomic mass is 16.4. The summed E-state index contributed by atoms with van der Waals surface area (Å²) in [7, 11) is 0. The molecule has 2 aliphatic rings. The van der Waals surface area contributed by atoms with E-state index in [0.29, 0.717) is 13.1 Å². The first kappa shape index (κ1) is 12.2. The lowest BCUT2D eigenvalue weighted by Gasteiger charge is -2.36. The highest BCUT2D eigenvalue weighted by molar-refractivity contribution is 5.65. The lowest BCUT2D eigenvalue weighted by Crippen LogP contribution is -2.46. The second-order valence-electron chi connectivity index (χ2n) is 5.66. The molecule has 17 heavy (non-hydrogen) atoms. The van der Waals surface area contributed by atoms with E-state index in [2.05, 4.69) is 31.2 Å². The van der Waals surface area contributed by atoms with Crippen molar-refractivity contribution in [1.82, 2.24) is 15.3 Å². The summed E-state index contributed by atoms with van der Waals surface area (Å²) in [5, 5.41) is 11.2. The van der Waals surface area contributed by atoms with Crippen molar-refractivity contribution in [2.75, 3.05) is 19.6 Å². The number of carbonyl (C=O) groups is 1. The smallest absolute Gasteiger partial charge is 0.407 e. The van der Waals surface area contributed by atoms with Crippen molar-refractivity contribution in [1.29, 1.82) is 0 Å². The lowest BCUT2D eigenvalue weighted by molar-refractivity contribution is 0.125. The maximum absolute atomic E-state index is 11.0. The maximum atomic E-state index is 11.0. The Hall–Kier alpha value is -1.23. The zero-order valence-electron chi connectivity index (χ0n) is 10.8. The van der Waals surface area contributed by atoms with Crippen LogP contribution in [-0.2, 0) is 0 Å². The molecule has 0 spiro atoms. The predicted octanol–water partition coefficient (Wildman–Crippen LogP) is 1.63. The fraction of sp³-hybridized carbons (Fsp3) is 0.750. The van der Waals surface area contributed by atoms with E-state index in [9.17, 15) is 4.79 Å². The van der Waals surface area contributed by atoms with E-state index in [-0.39, 0.29) is 5.54 Å². The first-order chi connectivity index (χ1) is 7.89. The average Bonchev–Trinajstić information content (AvgIpc) is 2.50. The standard InChI is InChI=1S/C12H21N3O2/c1-12(2,3)15-10-5-7-14(11(16)17)6-4-9(10)8-13-15/h13H,4-8H2,1-3H3,(H,16,17). The van der Waals surface area contributed by atoms with Crippen LogP contribution in [-0.4, -0.2) is 46.3 Å². The van der Waals surface area contributed by atoms with E-state index in [4.69, 9.17) is 5.11 Å². The molecule has 0 unspecified atom stereocenters. The van der Waals surface area contributed by atoms with Gasteiger partial charge in [-0.15, -0.1) is 0 Å². The van der Waals surface area contributed by atoms with Gasteiger partial charge >= 0.3 is 6.09 Å². The minimum absolute atomic E-state index is 0.0372. The van der Waals surface area contributed by atoms with Crippen molar-refractivity contribution in [3.63, 3.8) is 0 Å². The highest BCUT2D eigenvalue weighted by Crippen LogP contribution is 2.30. The third-order valence-electron chi connectivity index (χ3n) is 3.37. The van der Waals surface area contributed by atoms with Gasteiger partial charge in [0, 0.05) is 37.3 Å². The first-order valence-corrected chi connectivity index (χ1v) is 6.12. The number of rotatable bonds is 0. The molecule has 1 amide bonds. The lowest BCUT2D eigenvalue weighted by atomic mass is 10.1. The molecule has 0 fully saturated rings. The summed E-state index contributed by atoms with van der Waals surface area (Å²) in [6, 6.07) is 0. The number of nitrogens with one attached hydrogen (secondary N) is 1. The molecule has 0 aromatic carbocycles. The molecule has 5 heteroatoms. The Bertz CT molecular complexity index is 357. The van der Waals surface area contributed by atoms with Gasteiger partial charge < -0.3 is 15.0 Å². The zero-order chi connectivity index (χ0) is 12.6. The molecular weight excluding hydrogens is 218 g/mol. The van der Waals surface area contributed by atoms with Crippen molar-refractivity contribution in [3.8, 4) is 0 Å². The summed E-state index contributed by atoms with van der Waals surface area (Å²) in [5.74, 6) is 0. The Morgan fingerprint density at radius 2 is 1.94 bits per heavy atom. The van der Waals surface area contributed by atoms with Crippen LogP contribution in [0.3, 0.4) is 0 Å². The first-order valence-electron chi connectivity index (χ1n) is 6.12. The molecule has 0 radical (unpaired) electrons. The Balaban J connectivity index is 2.13. The molecule has 0 saturated carbocycles. The minimum atomic E-state index is -0.804. The quantitative estimate of drug-likeness (QED) is 0.674. The van der Waals surface area contributed by atoms with E-state index in [1.807, 2.05) is 0 Å². The fourth-order valence-electron chi connectivity index (χ4n) is 2.51. The molecule has 0 aliphatic carbocycles. The summed E-state index contributed by atoms with van der Waals surface area (Å²) in [5.41, 5.74) is 6.10.